The smallest absolute Gasteiger partial charge is 0.327 e. The lowest BCUT2D eigenvalue weighted by molar-refractivity contribution is 0.229. The van der Waals surface area contributed by atoms with Gasteiger partial charge in [-0.15, -0.1) is 0 Å². The van der Waals surface area contributed by atoms with Gasteiger partial charge in [-0.05, 0) is 24.3 Å². The Hall–Kier alpha value is -4.51. The van der Waals surface area contributed by atoms with E-state index in [-0.39, 0.29) is 18.2 Å². The lowest BCUT2D eigenvalue weighted by Gasteiger charge is -2.29. The maximum atomic E-state index is 12.8. The molecule has 0 fully saturated rings. The Balaban J connectivity index is 1.40. The van der Waals surface area contributed by atoms with Crippen LogP contribution in [0.2, 0.25) is 0 Å². The number of anilines is 2. The molecule has 5 rings (SSSR count). The molecule has 2 N–H and O–H groups in total. The number of rotatable bonds is 6. The van der Waals surface area contributed by atoms with E-state index in [0.29, 0.717) is 53.1 Å². The number of aliphatic hydroxyl groups excluding tert-OH is 1. The van der Waals surface area contributed by atoms with Gasteiger partial charge in [-0.3, -0.25) is 15.2 Å². The summed E-state index contributed by atoms with van der Waals surface area (Å²) in [7, 11) is 3.14. The van der Waals surface area contributed by atoms with Crippen LogP contribution in [-0.2, 0) is 6.61 Å². The van der Waals surface area contributed by atoms with Crippen LogP contribution in [0.15, 0.2) is 53.2 Å². The number of carbonyl (C=O) groups excluding carboxylic acids is 1. The van der Waals surface area contributed by atoms with Crippen LogP contribution >= 0.6 is 0 Å². The van der Waals surface area contributed by atoms with E-state index < -0.39 is 6.03 Å². The molecular weight excluding hydrogens is 456 g/mol. The summed E-state index contributed by atoms with van der Waals surface area (Å²) < 4.78 is 27.6. The van der Waals surface area contributed by atoms with Gasteiger partial charge in [0, 0.05) is 29.8 Å². The third-order valence-corrected chi connectivity index (χ3v) is 5.42. The summed E-state index contributed by atoms with van der Waals surface area (Å²) >= 11 is 0. The van der Waals surface area contributed by atoms with Gasteiger partial charge in [-0.1, -0.05) is 5.16 Å². The quantitative estimate of drug-likeness (QED) is 0.423. The number of aliphatic hydroxyl groups is 1. The van der Waals surface area contributed by atoms with Gasteiger partial charge in [0.2, 0.25) is 0 Å². The van der Waals surface area contributed by atoms with Crippen LogP contribution in [0.25, 0.3) is 10.9 Å². The van der Waals surface area contributed by atoms with Gasteiger partial charge in [0.25, 0.3) is 0 Å². The van der Waals surface area contributed by atoms with Gasteiger partial charge in [-0.25, -0.2) is 4.79 Å². The van der Waals surface area contributed by atoms with Crippen molar-refractivity contribution in [3.63, 3.8) is 0 Å². The number of pyridine rings is 1. The summed E-state index contributed by atoms with van der Waals surface area (Å²) in [6, 6.07) is 11.6. The summed E-state index contributed by atoms with van der Waals surface area (Å²) in [6.07, 6.45) is 1.65. The van der Waals surface area contributed by atoms with Crippen LogP contribution in [0.4, 0.5) is 16.3 Å². The van der Waals surface area contributed by atoms with Gasteiger partial charge in [-0.2, -0.15) is 0 Å². The van der Waals surface area contributed by atoms with E-state index in [1.165, 1.54) is 11.0 Å². The molecule has 1 aliphatic rings. The standard InChI is InChI=1S/C24H22N4O7/c1-31-21-11-16-17(12-22(21)32-2)25-6-5-19(16)34-14-3-4-18-20(9-14)33-8-7-28(18)24(30)26-23-10-15(13-29)35-27-23/h3-6,9-12,29H,7-8,13H2,1-2H3,(H,26,27,30). The number of nitrogens with one attached hydrogen (secondary N) is 1. The molecule has 0 saturated heterocycles. The van der Waals surface area contributed by atoms with E-state index in [4.69, 9.17) is 28.6 Å². The molecule has 2 aromatic heterocycles. The largest absolute Gasteiger partial charge is 0.493 e. The van der Waals surface area contributed by atoms with Crippen LogP contribution in [0.1, 0.15) is 5.76 Å². The van der Waals surface area contributed by atoms with Gasteiger partial charge >= 0.3 is 6.03 Å². The minimum atomic E-state index is -0.401. The van der Waals surface area contributed by atoms with Crippen molar-refractivity contribution in [2.75, 3.05) is 37.6 Å². The Labute approximate surface area is 199 Å². The second-order valence-corrected chi connectivity index (χ2v) is 7.53. The van der Waals surface area contributed by atoms with E-state index in [0.717, 1.165) is 5.39 Å². The Morgan fingerprint density at radius 1 is 1.11 bits per heavy atom. The molecule has 3 heterocycles. The predicted molar refractivity (Wildman–Crippen MR) is 126 cm³/mol. The lowest BCUT2D eigenvalue weighted by Crippen LogP contribution is -2.40. The molecule has 0 radical (unpaired) electrons. The number of benzene rings is 2. The zero-order chi connectivity index (χ0) is 24.4. The first-order valence-corrected chi connectivity index (χ1v) is 10.7. The summed E-state index contributed by atoms with van der Waals surface area (Å²) in [5, 5.41) is 16.2. The number of methoxy groups -OCH3 is 2. The highest BCUT2D eigenvalue weighted by Gasteiger charge is 2.25. The molecule has 11 nitrogen and oxygen atoms in total. The number of aromatic nitrogens is 2. The Kier molecular flexibility index (Phi) is 5.98. The molecular formula is C24H22N4O7. The van der Waals surface area contributed by atoms with Crippen LogP contribution in [0, 0.1) is 0 Å². The normalized spacial score (nSPS) is 12.6. The number of nitrogens with zero attached hydrogens (tertiary/aromatic N) is 3. The molecule has 35 heavy (non-hydrogen) atoms. The highest BCUT2D eigenvalue weighted by molar-refractivity contribution is 6.02. The van der Waals surface area contributed by atoms with Crippen molar-refractivity contribution in [3.8, 4) is 28.7 Å². The van der Waals surface area contributed by atoms with Crippen molar-refractivity contribution in [2.24, 2.45) is 0 Å². The zero-order valence-electron chi connectivity index (χ0n) is 19.0. The second kappa shape index (κ2) is 9.39. The highest BCUT2D eigenvalue weighted by Crippen LogP contribution is 2.40. The minimum absolute atomic E-state index is 0.212. The van der Waals surface area contributed by atoms with Crippen LogP contribution in [0.5, 0.6) is 28.7 Å². The summed E-state index contributed by atoms with van der Waals surface area (Å²) in [5.74, 6) is 3.20. The van der Waals surface area contributed by atoms with E-state index in [1.54, 1.807) is 50.7 Å². The van der Waals surface area contributed by atoms with Crippen molar-refractivity contribution >= 4 is 28.4 Å². The van der Waals surface area contributed by atoms with Crippen LogP contribution in [-0.4, -0.2) is 48.6 Å². The third-order valence-electron chi connectivity index (χ3n) is 5.42. The van der Waals surface area contributed by atoms with Crippen molar-refractivity contribution < 1.29 is 33.4 Å². The Morgan fingerprint density at radius 3 is 2.71 bits per heavy atom. The predicted octanol–water partition coefficient (Wildman–Crippen LogP) is 3.96. The van der Waals surface area contributed by atoms with E-state index in [1.807, 2.05) is 6.07 Å². The van der Waals surface area contributed by atoms with Gasteiger partial charge < -0.3 is 28.6 Å². The number of fused-ring (bicyclic) bond motifs is 2. The summed E-state index contributed by atoms with van der Waals surface area (Å²) in [4.78, 5) is 18.7. The monoisotopic (exact) mass is 478 g/mol. The molecule has 0 unspecified atom stereocenters. The lowest BCUT2D eigenvalue weighted by atomic mass is 10.1. The molecule has 2 aromatic carbocycles. The average Bonchev–Trinajstić information content (AvgIpc) is 3.35. The topological polar surface area (TPSA) is 128 Å². The fourth-order valence-electron chi connectivity index (χ4n) is 3.76. The molecule has 0 spiro atoms. The summed E-state index contributed by atoms with van der Waals surface area (Å²) in [5.41, 5.74) is 1.27. The fraction of sp³-hybridized carbons (Fsp3) is 0.208. The average molecular weight is 478 g/mol. The van der Waals surface area contributed by atoms with Gasteiger partial charge in [0.05, 0.1) is 32.0 Å². The van der Waals surface area contributed by atoms with Crippen molar-refractivity contribution in [1.29, 1.82) is 0 Å². The number of hydrogen-bond donors (Lipinski definition) is 2. The number of urea groups is 1. The van der Waals surface area contributed by atoms with Crippen LogP contribution in [0.3, 0.4) is 0 Å². The molecule has 2 amide bonds. The molecule has 1 aliphatic heterocycles. The number of ether oxygens (including phenoxy) is 4. The van der Waals surface area contributed by atoms with Crippen molar-refractivity contribution in [3.05, 3.63) is 54.4 Å². The molecule has 4 aromatic rings. The molecule has 0 saturated carbocycles. The molecule has 0 atom stereocenters. The molecule has 0 aliphatic carbocycles. The van der Waals surface area contributed by atoms with Crippen molar-refractivity contribution in [1.82, 2.24) is 10.1 Å². The van der Waals surface area contributed by atoms with Crippen molar-refractivity contribution in [2.45, 2.75) is 6.61 Å². The highest BCUT2D eigenvalue weighted by atomic mass is 16.5. The summed E-state index contributed by atoms with van der Waals surface area (Å²) in [6.45, 7) is 0.346. The molecule has 11 heteroatoms. The second-order valence-electron chi connectivity index (χ2n) is 7.53. The van der Waals surface area contributed by atoms with Gasteiger partial charge in [0.15, 0.2) is 23.1 Å². The first kappa shape index (κ1) is 22.3. The molecule has 180 valence electrons. The number of carbonyl (C=O) groups is 1. The maximum absolute atomic E-state index is 12.8. The maximum Gasteiger partial charge on any atom is 0.327 e. The first-order chi connectivity index (χ1) is 17.1. The van der Waals surface area contributed by atoms with Gasteiger partial charge in [0.1, 0.15) is 30.5 Å². The number of hydrogen-bond acceptors (Lipinski definition) is 9. The van der Waals surface area contributed by atoms with E-state index >= 15 is 0 Å². The zero-order valence-corrected chi connectivity index (χ0v) is 19.0. The molecule has 0 bridgehead atoms. The van der Waals surface area contributed by atoms with E-state index in [2.05, 4.69) is 15.5 Å². The Bertz CT molecular complexity index is 1390. The third kappa shape index (κ3) is 4.36. The van der Waals surface area contributed by atoms with E-state index in [9.17, 15) is 4.79 Å². The fourth-order valence-corrected chi connectivity index (χ4v) is 3.76. The van der Waals surface area contributed by atoms with Crippen LogP contribution < -0.4 is 29.2 Å². The Morgan fingerprint density at radius 2 is 1.94 bits per heavy atom. The minimum Gasteiger partial charge on any atom is -0.493 e. The SMILES string of the molecule is COc1cc2nccc(Oc3ccc4c(c3)OCCN4C(=O)Nc3cc(CO)on3)c2cc1OC. The first-order valence-electron chi connectivity index (χ1n) is 10.7. The number of amides is 2.